The molecule has 0 saturated carbocycles. The smallest absolute Gasteiger partial charge is 0.118 e. The number of methoxy groups -OCH3 is 1. The molecule has 1 aliphatic rings. The molecule has 4 heteroatoms. The molecule has 0 aromatic heterocycles. The van der Waals surface area contributed by atoms with Gasteiger partial charge in [-0.15, -0.1) is 0 Å². The highest BCUT2D eigenvalue weighted by Gasteiger charge is 2.34. The predicted octanol–water partition coefficient (Wildman–Crippen LogP) is 2.55. The maximum Gasteiger partial charge on any atom is 0.118 e. The monoisotopic (exact) mass is 300 g/mol. The molecule has 4 nitrogen and oxygen atoms in total. The molecule has 1 aliphatic heterocycles. The summed E-state index contributed by atoms with van der Waals surface area (Å²) in [5.74, 6) is 0.837. The van der Waals surface area contributed by atoms with E-state index >= 15 is 0 Å². The van der Waals surface area contributed by atoms with Crippen LogP contribution < -0.4 is 4.74 Å². The van der Waals surface area contributed by atoms with Crippen LogP contribution in [0.25, 0.3) is 11.1 Å². The summed E-state index contributed by atoms with van der Waals surface area (Å²) in [4.78, 5) is 0. The first-order valence-corrected chi connectivity index (χ1v) is 7.40. The van der Waals surface area contributed by atoms with Crippen molar-refractivity contribution in [1.29, 1.82) is 0 Å². The zero-order valence-electron chi connectivity index (χ0n) is 12.5. The number of aliphatic hydroxyl groups is 2. The molecule has 3 rings (SSSR count). The second-order valence-electron chi connectivity index (χ2n) is 5.50. The molecule has 0 aliphatic carbocycles. The van der Waals surface area contributed by atoms with Gasteiger partial charge in [-0.05, 0) is 28.8 Å². The van der Waals surface area contributed by atoms with E-state index in [0.29, 0.717) is 6.42 Å². The lowest BCUT2D eigenvalue weighted by molar-refractivity contribution is -0.0225. The van der Waals surface area contributed by atoms with Crippen molar-refractivity contribution >= 4 is 0 Å². The maximum absolute atomic E-state index is 9.81. The van der Waals surface area contributed by atoms with Crippen molar-refractivity contribution in [2.24, 2.45) is 0 Å². The van der Waals surface area contributed by atoms with Crippen LogP contribution in [0.3, 0.4) is 0 Å². The van der Waals surface area contributed by atoms with Crippen molar-refractivity contribution in [2.45, 2.75) is 24.7 Å². The van der Waals surface area contributed by atoms with Crippen LogP contribution in [-0.4, -0.2) is 36.1 Å². The molecular formula is C18H20O4. The van der Waals surface area contributed by atoms with Crippen LogP contribution in [0, 0.1) is 0 Å². The van der Waals surface area contributed by atoms with Gasteiger partial charge in [-0.1, -0.05) is 36.4 Å². The van der Waals surface area contributed by atoms with Crippen LogP contribution in [0.1, 0.15) is 18.1 Å². The highest BCUT2D eigenvalue weighted by atomic mass is 16.5. The number of benzene rings is 2. The predicted molar refractivity (Wildman–Crippen MR) is 83.8 cm³/mol. The molecule has 2 N–H and O–H groups in total. The minimum atomic E-state index is -0.601. The fourth-order valence-electron chi connectivity index (χ4n) is 2.78. The number of rotatable bonds is 4. The Kier molecular flexibility index (Phi) is 4.43. The Morgan fingerprint density at radius 2 is 1.64 bits per heavy atom. The van der Waals surface area contributed by atoms with Crippen LogP contribution in [0.2, 0.25) is 0 Å². The lowest BCUT2D eigenvalue weighted by Gasteiger charge is -2.13. The summed E-state index contributed by atoms with van der Waals surface area (Å²) in [6, 6.07) is 16.0. The van der Waals surface area contributed by atoms with Crippen molar-refractivity contribution in [2.75, 3.05) is 13.7 Å². The number of ether oxygens (including phenoxy) is 2. The van der Waals surface area contributed by atoms with E-state index in [2.05, 4.69) is 0 Å². The van der Waals surface area contributed by atoms with Crippen molar-refractivity contribution in [3.8, 4) is 16.9 Å². The van der Waals surface area contributed by atoms with E-state index in [9.17, 15) is 5.11 Å². The zero-order chi connectivity index (χ0) is 15.5. The third-order valence-electron chi connectivity index (χ3n) is 4.11. The van der Waals surface area contributed by atoms with Gasteiger partial charge < -0.3 is 19.7 Å². The minimum Gasteiger partial charge on any atom is -0.497 e. The quantitative estimate of drug-likeness (QED) is 0.911. The van der Waals surface area contributed by atoms with E-state index in [-0.39, 0.29) is 12.7 Å². The van der Waals surface area contributed by atoms with Crippen molar-refractivity contribution in [1.82, 2.24) is 0 Å². The summed E-state index contributed by atoms with van der Waals surface area (Å²) < 4.78 is 10.8. The average molecular weight is 300 g/mol. The van der Waals surface area contributed by atoms with E-state index in [1.54, 1.807) is 7.11 Å². The Bertz CT molecular complexity index is 606. The fourth-order valence-corrected chi connectivity index (χ4v) is 2.78. The summed E-state index contributed by atoms with van der Waals surface area (Å²) in [5.41, 5.74) is 3.25. The molecule has 22 heavy (non-hydrogen) atoms. The summed E-state index contributed by atoms with van der Waals surface area (Å²) in [6.07, 6.45) is -0.716. The highest BCUT2D eigenvalue weighted by Crippen LogP contribution is 2.34. The molecule has 0 unspecified atom stereocenters. The summed E-state index contributed by atoms with van der Waals surface area (Å²) in [6.45, 7) is -0.151. The van der Waals surface area contributed by atoms with Gasteiger partial charge in [0.2, 0.25) is 0 Å². The summed E-state index contributed by atoms with van der Waals surface area (Å²) >= 11 is 0. The lowest BCUT2D eigenvalue weighted by atomic mass is 10.00. The molecule has 1 saturated heterocycles. The van der Waals surface area contributed by atoms with Gasteiger partial charge in [0.1, 0.15) is 11.9 Å². The van der Waals surface area contributed by atoms with Gasteiger partial charge in [0.05, 0.1) is 25.9 Å². The van der Waals surface area contributed by atoms with E-state index in [0.717, 1.165) is 22.4 Å². The van der Waals surface area contributed by atoms with Gasteiger partial charge in [0.15, 0.2) is 0 Å². The molecular weight excluding hydrogens is 280 g/mol. The third kappa shape index (κ3) is 2.99. The van der Waals surface area contributed by atoms with Crippen LogP contribution in [0.15, 0.2) is 48.5 Å². The van der Waals surface area contributed by atoms with Gasteiger partial charge in [-0.2, -0.15) is 0 Å². The third-order valence-corrected chi connectivity index (χ3v) is 4.11. The topological polar surface area (TPSA) is 58.9 Å². The van der Waals surface area contributed by atoms with Gasteiger partial charge in [-0.3, -0.25) is 0 Å². The van der Waals surface area contributed by atoms with Crippen LogP contribution >= 0.6 is 0 Å². The van der Waals surface area contributed by atoms with E-state index in [1.165, 1.54) is 0 Å². The number of aliphatic hydroxyl groups excluding tert-OH is 2. The van der Waals surface area contributed by atoms with Crippen LogP contribution in [0.5, 0.6) is 5.75 Å². The molecule has 3 atom stereocenters. The Morgan fingerprint density at radius 1 is 1.05 bits per heavy atom. The maximum atomic E-state index is 9.81. The second kappa shape index (κ2) is 6.48. The average Bonchev–Trinajstić information content (AvgIpc) is 2.96. The Morgan fingerprint density at radius 3 is 2.14 bits per heavy atom. The van der Waals surface area contributed by atoms with Gasteiger partial charge in [0, 0.05) is 6.42 Å². The molecule has 0 spiro atoms. The van der Waals surface area contributed by atoms with E-state index < -0.39 is 12.2 Å². The first-order chi connectivity index (χ1) is 10.7. The van der Waals surface area contributed by atoms with Crippen LogP contribution in [-0.2, 0) is 4.74 Å². The molecule has 1 heterocycles. The van der Waals surface area contributed by atoms with Gasteiger partial charge >= 0.3 is 0 Å². The van der Waals surface area contributed by atoms with E-state index in [1.807, 2.05) is 48.5 Å². The Hall–Kier alpha value is -1.88. The molecule has 1 fully saturated rings. The molecule has 0 radical (unpaired) electrons. The minimum absolute atomic E-state index is 0.151. The highest BCUT2D eigenvalue weighted by molar-refractivity contribution is 5.64. The summed E-state index contributed by atoms with van der Waals surface area (Å²) in [7, 11) is 1.65. The fraction of sp³-hybridized carbons (Fsp3) is 0.333. The lowest BCUT2D eigenvalue weighted by Crippen LogP contribution is -2.24. The van der Waals surface area contributed by atoms with Crippen molar-refractivity contribution in [3.05, 3.63) is 54.1 Å². The summed E-state index contributed by atoms with van der Waals surface area (Å²) in [5, 5.41) is 18.9. The van der Waals surface area contributed by atoms with Crippen molar-refractivity contribution in [3.63, 3.8) is 0 Å². The number of hydrogen-bond acceptors (Lipinski definition) is 4. The SMILES string of the molecule is COc1ccc(-c2ccc([C@H]3C[C@H](O)[C@@H](CO)O3)cc2)cc1. The molecule has 0 bridgehead atoms. The van der Waals surface area contributed by atoms with Gasteiger partial charge in [-0.25, -0.2) is 0 Å². The normalized spacial score (nSPS) is 24.4. The molecule has 0 amide bonds. The number of hydrogen-bond donors (Lipinski definition) is 2. The first-order valence-electron chi connectivity index (χ1n) is 7.40. The largest absolute Gasteiger partial charge is 0.497 e. The second-order valence-corrected chi connectivity index (χ2v) is 5.50. The molecule has 2 aromatic rings. The first kappa shape index (κ1) is 15.0. The zero-order valence-corrected chi connectivity index (χ0v) is 12.5. The van der Waals surface area contributed by atoms with Gasteiger partial charge in [0.25, 0.3) is 0 Å². The Labute approximate surface area is 129 Å². The molecule has 2 aromatic carbocycles. The standard InChI is InChI=1S/C18H20O4/c1-21-15-8-6-13(7-9-15)12-2-4-14(5-3-12)17-10-16(20)18(11-19)22-17/h2-9,16-20H,10-11H2,1H3/t16-,17+,18+/m0/s1. The Balaban J connectivity index is 1.75. The van der Waals surface area contributed by atoms with E-state index in [4.69, 9.17) is 14.6 Å². The molecule has 116 valence electrons. The van der Waals surface area contributed by atoms with Crippen LogP contribution in [0.4, 0.5) is 0 Å². The van der Waals surface area contributed by atoms with Crippen molar-refractivity contribution < 1.29 is 19.7 Å².